The highest BCUT2D eigenvalue weighted by molar-refractivity contribution is 9.09. The van der Waals surface area contributed by atoms with E-state index < -0.39 is 0 Å². The lowest BCUT2D eigenvalue weighted by molar-refractivity contribution is 0.112. The summed E-state index contributed by atoms with van der Waals surface area (Å²) in [7, 11) is 0. The van der Waals surface area contributed by atoms with Crippen LogP contribution in [0.5, 0.6) is 0 Å². The van der Waals surface area contributed by atoms with Gasteiger partial charge in [0, 0.05) is 0 Å². The second-order valence-electron chi connectivity index (χ2n) is 2.88. The highest BCUT2D eigenvalue weighted by Crippen LogP contribution is 2.31. The molecule has 0 radical (unpaired) electrons. The zero-order chi connectivity index (χ0) is 9.84. The fraction of sp³-hybridized carbons (Fsp3) is 0.556. The molecular formula is C9H12BrNOS. The third-order valence-electron chi connectivity index (χ3n) is 1.77. The summed E-state index contributed by atoms with van der Waals surface area (Å²) in [6.07, 6.45) is 3.05. The summed E-state index contributed by atoms with van der Waals surface area (Å²) in [6.45, 7) is 4.00. The Kier molecular flexibility index (Phi) is 4.06. The van der Waals surface area contributed by atoms with Gasteiger partial charge in [-0.25, -0.2) is 4.98 Å². The zero-order valence-corrected chi connectivity index (χ0v) is 10.1. The molecule has 0 amide bonds. The molecule has 0 aliphatic carbocycles. The number of halogens is 1. The zero-order valence-electron chi connectivity index (χ0n) is 7.71. The van der Waals surface area contributed by atoms with E-state index in [1.54, 1.807) is 0 Å². The number of rotatable bonds is 4. The fourth-order valence-electron chi connectivity index (χ4n) is 1.05. The van der Waals surface area contributed by atoms with Crippen LogP contribution in [0.25, 0.3) is 0 Å². The largest absolute Gasteiger partial charge is 0.297 e. The number of hydrogen-bond acceptors (Lipinski definition) is 3. The molecule has 0 spiro atoms. The van der Waals surface area contributed by atoms with Gasteiger partial charge in [-0.1, -0.05) is 29.3 Å². The number of nitrogens with zero attached hydrogens (tertiary/aromatic N) is 1. The Labute approximate surface area is 90.5 Å². The van der Waals surface area contributed by atoms with Crippen molar-refractivity contribution in [2.24, 2.45) is 0 Å². The Morgan fingerprint density at radius 2 is 2.38 bits per heavy atom. The van der Waals surface area contributed by atoms with E-state index >= 15 is 0 Å². The van der Waals surface area contributed by atoms with Crippen LogP contribution in [0, 0.1) is 6.92 Å². The predicted octanol–water partition coefficient (Wildman–Crippen LogP) is 3.50. The van der Waals surface area contributed by atoms with Crippen LogP contribution in [0.4, 0.5) is 0 Å². The molecule has 1 unspecified atom stereocenters. The maximum Gasteiger partial charge on any atom is 0.161 e. The van der Waals surface area contributed by atoms with Crippen molar-refractivity contribution in [1.82, 2.24) is 4.98 Å². The average molecular weight is 262 g/mol. The van der Waals surface area contributed by atoms with Gasteiger partial charge >= 0.3 is 0 Å². The number of alkyl halides is 1. The monoisotopic (exact) mass is 261 g/mol. The third kappa shape index (κ3) is 2.61. The molecule has 0 bridgehead atoms. The quantitative estimate of drug-likeness (QED) is 0.614. The van der Waals surface area contributed by atoms with Crippen LogP contribution in [-0.4, -0.2) is 11.3 Å². The first-order valence-electron chi connectivity index (χ1n) is 4.25. The lowest BCUT2D eigenvalue weighted by atomic mass is 10.2. The first kappa shape index (κ1) is 10.9. The molecule has 0 aromatic carbocycles. The van der Waals surface area contributed by atoms with Crippen molar-refractivity contribution in [3.63, 3.8) is 0 Å². The summed E-state index contributed by atoms with van der Waals surface area (Å²) >= 11 is 5.04. The Morgan fingerprint density at radius 3 is 2.85 bits per heavy atom. The molecule has 0 fully saturated rings. The highest BCUT2D eigenvalue weighted by Gasteiger charge is 2.13. The summed E-state index contributed by atoms with van der Waals surface area (Å²) < 4.78 is 0. The van der Waals surface area contributed by atoms with Crippen LogP contribution in [0.3, 0.4) is 0 Å². The third-order valence-corrected chi connectivity index (χ3v) is 4.16. The summed E-state index contributed by atoms with van der Waals surface area (Å²) in [5.41, 5.74) is 0.843. The van der Waals surface area contributed by atoms with Gasteiger partial charge in [0.25, 0.3) is 0 Å². The fourth-order valence-corrected chi connectivity index (χ4v) is 2.79. The lowest BCUT2D eigenvalue weighted by Gasteiger charge is -2.01. The minimum atomic E-state index is 0.301. The van der Waals surface area contributed by atoms with Crippen molar-refractivity contribution in [2.45, 2.75) is 31.5 Å². The van der Waals surface area contributed by atoms with E-state index in [2.05, 4.69) is 27.8 Å². The summed E-state index contributed by atoms with van der Waals surface area (Å²) in [6, 6.07) is 0. The number of carbonyl (C=O) groups is 1. The number of aromatic nitrogens is 1. The van der Waals surface area contributed by atoms with Crippen LogP contribution in [0.1, 0.15) is 45.0 Å². The molecule has 0 aliphatic heterocycles. The van der Waals surface area contributed by atoms with Gasteiger partial charge in [-0.05, 0) is 13.3 Å². The first-order valence-corrected chi connectivity index (χ1v) is 5.98. The van der Waals surface area contributed by atoms with E-state index in [0.717, 1.165) is 34.7 Å². The number of aryl methyl sites for hydroxylation is 1. The number of carbonyl (C=O) groups excluding carboxylic acids is 1. The van der Waals surface area contributed by atoms with E-state index in [9.17, 15) is 4.79 Å². The van der Waals surface area contributed by atoms with Gasteiger partial charge in [0.05, 0.1) is 15.4 Å². The van der Waals surface area contributed by atoms with Crippen molar-refractivity contribution < 1.29 is 4.79 Å². The topological polar surface area (TPSA) is 30.0 Å². The van der Waals surface area contributed by atoms with Gasteiger partial charge in [0.1, 0.15) is 5.01 Å². The van der Waals surface area contributed by atoms with Crippen molar-refractivity contribution in [2.75, 3.05) is 0 Å². The molecule has 1 atom stereocenters. The Morgan fingerprint density at radius 1 is 1.69 bits per heavy atom. The summed E-state index contributed by atoms with van der Waals surface area (Å²) in [5, 5.41) is 1.02. The highest BCUT2D eigenvalue weighted by atomic mass is 79.9. The van der Waals surface area contributed by atoms with Crippen LogP contribution in [0.15, 0.2) is 0 Å². The van der Waals surface area contributed by atoms with Gasteiger partial charge in [-0.3, -0.25) is 4.79 Å². The Bertz CT molecular complexity index is 298. The maximum atomic E-state index is 10.6. The molecular weight excluding hydrogens is 250 g/mol. The number of hydrogen-bond donors (Lipinski definition) is 0. The predicted molar refractivity (Wildman–Crippen MR) is 58.8 cm³/mol. The van der Waals surface area contributed by atoms with Crippen LogP contribution < -0.4 is 0 Å². The molecule has 0 saturated carbocycles. The van der Waals surface area contributed by atoms with E-state index in [0.29, 0.717) is 4.83 Å². The molecule has 1 rings (SSSR count). The molecule has 2 nitrogen and oxygen atoms in total. The first-order chi connectivity index (χ1) is 6.19. The smallest absolute Gasteiger partial charge is 0.161 e. The van der Waals surface area contributed by atoms with Crippen molar-refractivity contribution >= 4 is 33.6 Å². The van der Waals surface area contributed by atoms with Gasteiger partial charge in [-0.15, -0.1) is 11.3 Å². The molecule has 0 saturated heterocycles. The normalized spacial score (nSPS) is 12.8. The molecule has 4 heteroatoms. The minimum Gasteiger partial charge on any atom is -0.297 e. The number of aldehydes is 1. The van der Waals surface area contributed by atoms with Crippen molar-refractivity contribution in [1.29, 1.82) is 0 Å². The maximum absolute atomic E-state index is 10.6. The van der Waals surface area contributed by atoms with E-state index in [1.807, 2.05) is 6.92 Å². The van der Waals surface area contributed by atoms with Gasteiger partial charge < -0.3 is 0 Å². The van der Waals surface area contributed by atoms with E-state index in [-0.39, 0.29) is 0 Å². The second kappa shape index (κ2) is 4.86. The molecule has 1 aromatic heterocycles. The molecule has 13 heavy (non-hydrogen) atoms. The molecule has 1 aromatic rings. The summed E-state index contributed by atoms with van der Waals surface area (Å²) in [4.78, 5) is 16.0. The average Bonchev–Trinajstić information content (AvgIpc) is 2.47. The molecule has 1 heterocycles. The molecule has 0 N–H and O–H groups in total. The van der Waals surface area contributed by atoms with Gasteiger partial charge in [-0.2, -0.15) is 0 Å². The van der Waals surface area contributed by atoms with E-state index in [1.165, 1.54) is 11.3 Å². The van der Waals surface area contributed by atoms with Crippen molar-refractivity contribution in [3.05, 3.63) is 15.6 Å². The Balaban J connectivity index is 2.83. The van der Waals surface area contributed by atoms with Crippen LogP contribution >= 0.6 is 27.3 Å². The van der Waals surface area contributed by atoms with Crippen LogP contribution in [-0.2, 0) is 0 Å². The molecule has 72 valence electrons. The van der Waals surface area contributed by atoms with Crippen molar-refractivity contribution in [3.8, 4) is 0 Å². The second-order valence-corrected chi connectivity index (χ2v) is 5.04. The number of thiazole rings is 1. The molecule has 0 aliphatic rings. The summed E-state index contributed by atoms with van der Waals surface area (Å²) in [5.74, 6) is 0. The Hall–Kier alpha value is -0.220. The van der Waals surface area contributed by atoms with E-state index in [4.69, 9.17) is 0 Å². The van der Waals surface area contributed by atoms with Gasteiger partial charge in [0.15, 0.2) is 6.29 Å². The van der Waals surface area contributed by atoms with Crippen LogP contribution in [0.2, 0.25) is 0 Å². The lowest BCUT2D eigenvalue weighted by Crippen LogP contribution is -1.87. The standard InChI is InChI=1S/C9H12BrNOS/c1-3-4-7(10)9-11-6(2)8(5-12)13-9/h5,7H,3-4H2,1-2H3. The SMILES string of the molecule is CCCC(Br)c1nc(C)c(C=O)s1. The minimum absolute atomic E-state index is 0.301. The van der Waals surface area contributed by atoms with Gasteiger partial charge in [0.2, 0.25) is 0 Å².